The van der Waals surface area contributed by atoms with Crippen molar-refractivity contribution < 1.29 is 4.79 Å². The van der Waals surface area contributed by atoms with E-state index >= 15 is 0 Å². The fourth-order valence-corrected chi connectivity index (χ4v) is 4.36. The van der Waals surface area contributed by atoms with Crippen LogP contribution in [-0.4, -0.2) is 29.8 Å². The van der Waals surface area contributed by atoms with Gasteiger partial charge in [-0.2, -0.15) is 0 Å². The number of carbonyl (C=O) groups excluding carboxylic acids is 1. The van der Waals surface area contributed by atoms with Crippen molar-refractivity contribution in [2.75, 3.05) is 7.05 Å². The summed E-state index contributed by atoms with van der Waals surface area (Å²) in [5, 5.41) is 0. The van der Waals surface area contributed by atoms with E-state index in [-0.39, 0.29) is 5.92 Å². The molecule has 2 heteroatoms. The standard InChI is InChI=1S/C18H25NO/c1-4-13-5-7-14(8-6-13)16-11-15-9-10-17(19(15)3)18(16)12(2)20/h5-8,15-18H,4,9-11H2,1-3H3/t15?,16-,17?,18+/m1/s1. The second-order valence-corrected chi connectivity index (χ2v) is 6.54. The number of ketones is 1. The van der Waals surface area contributed by atoms with Gasteiger partial charge >= 0.3 is 0 Å². The van der Waals surface area contributed by atoms with Crippen LogP contribution in [0.5, 0.6) is 0 Å². The van der Waals surface area contributed by atoms with Gasteiger partial charge in [0, 0.05) is 18.0 Å². The molecule has 2 aliphatic heterocycles. The number of nitrogens with zero attached hydrogens (tertiary/aromatic N) is 1. The maximum atomic E-state index is 12.2. The van der Waals surface area contributed by atoms with Gasteiger partial charge in [-0.1, -0.05) is 31.2 Å². The summed E-state index contributed by atoms with van der Waals surface area (Å²) >= 11 is 0. The van der Waals surface area contributed by atoms with Gasteiger partial charge in [0.05, 0.1) is 0 Å². The zero-order valence-corrected chi connectivity index (χ0v) is 12.8. The SMILES string of the molecule is CCc1ccc([C@H]2CC3CCC([C@H]2C(C)=O)N3C)cc1. The van der Waals surface area contributed by atoms with Gasteiger partial charge in [-0.25, -0.2) is 0 Å². The molecule has 4 atom stereocenters. The van der Waals surface area contributed by atoms with Crippen LogP contribution in [0, 0.1) is 5.92 Å². The lowest BCUT2D eigenvalue weighted by Crippen LogP contribution is -2.48. The average molecular weight is 271 g/mol. The lowest BCUT2D eigenvalue weighted by molar-refractivity contribution is -0.124. The molecule has 2 heterocycles. The van der Waals surface area contributed by atoms with Gasteiger partial charge in [0.15, 0.2) is 0 Å². The number of rotatable bonds is 3. The monoisotopic (exact) mass is 271 g/mol. The summed E-state index contributed by atoms with van der Waals surface area (Å²) in [7, 11) is 2.20. The highest BCUT2D eigenvalue weighted by atomic mass is 16.1. The molecule has 20 heavy (non-hydrogen) atoms. The van der Waals surface area contributed by atoms with Crippen molar-refractivity contribution >= 4 is 5.78 Å². The lowest BCUT2D eigenvalue weighted by atomic mass is 9.74. The molecule has 2 saturated heterocycles. The zero-order valence-electron chi connectivity index (χ0n) is 12.8. The molecule has 3 rings (SSSR count). The highest BCUT2D eigenvalue weighted by Gasteiger charge is 2.47. The largest absolute Gasteiger partial charge is 0.300 e. The number of hydrogen-bond donors (Lipinski definition) is 0. The number of hydrogen-bond acceptors (Lipinski definition) is 2. The summed E-state index contributed by atoms with van der Waals surface area (Å²) in [5.41, 5.74) is 2.75. The van der Waals surface area contributed by atoms with Crippen LogP contribution in [0.2, 0.25) is 0 Å². The summed E-state index contributed by atoms with van der Waals surface area (Å²) in [6.07, 6.45) is 4.67. The molecule has 108 valence electrons. The van der Waals surface area contributed by atoms with Crippen molar-refractivity contribution in [3.05, 3.63) is 35.4 Å². The number of Topliss-reactive ketones (excluding diaryl/α,β-unsaturated/α-hetero) is 1. The van der Waals surface area contributed by atoms with Crippen LogP contribution in [0.15, 0.2) is 24.3 Å². The van der Waals surface area contributed by atoms with Gasteiger partial charge in [0.1, 0.15) is 5.78 Å². The Bertz CT molecular complexity index is 493. The molecule has 0 N–H and O–H groups in total. The van der Waals surface area contributed by atoms with Crippen molar-refractivity contribution in [2.24, 2.45) is 5.92 Å². The predicted octanol–water partition coefficient (Wildman–Crippen LogP) is 3.40. The van der Waals surface area contributed by atoms with Crippen molar-refractivity contribution in [3.8, 4) is 0 Å². The van der Waals surface area contributed by atoms with Crippen molar-refractivity contribution in [1.29, 1.82) is 0 Å². The molecular weight excluding hydrogens is 246 g/mol. The Morgan fingerprint density at radius 3 is 2.55 bits per heavy atom. The van der Waals surface area contributed by atoms with Gasteiger partial charge in [-0.15, -0.1) is 0 Å². The molecule has 0 spiro atoms. The highest BCUT2D eigenvalue weighted by molar-refractivity contribution is 5.80. The van der Waals surface area contributed by atoms with Crippen LogP contribution >= 0.6 is 0 Å². The Kier molecular flexibility index (Phi) is 3.68. The van der Waals surface area contributed by atoms with Crippen molar-refractivity contribution in [2.45, 2.75) is 57.5 Å². The Morgan fingerprint density at radius 2 is 1.95 bits per heavy atom. The first kappa shape index (κ1) is 13.8. The molecule has 0 aliphatic carbocycles. The minimum atomic E-state index is 0.186. The number of fused-ring (bicyclic) bond motifs is 2. The first-order valence-electron chi connectivity index (χ1n) is 7.93. The Balaban J connectivity index is 1.92. The molecule has 2 fully saturated rings. The summed E-state index contributed by atoms with van der Waals surface area (Å²) in [4.78, 5) is 14.7. The molecule has 1 aromatic carbocycles. The van der Waals surface area contributed by atoms with E-state index in [1.54, 1.807) is 6.92 Å². The first-order valence-corrected chi connectivity index (χ1v) is 7.93. The summed E-state index contributed by atoms with van der Waals surface area (Å²) in [6, 6.07) is 10.1. The van der Waals surface area contributed by atoms with Gasteiger partial charge in [-0.05, 0) is 56.7 Å². The van der Waals surface area contributed by atoms with E-state index in [1.807, 2.05) is 0 Å². The number of carbonyl (C=O) groups is 1. The van der Waals surface area contributed by atoms with E-state index in [4.69, 9.17) is 0 Å². The molecule has 2 bridgehead atoms. The van der Waals surface area contributed by atoms with Gasteiger partial charge < -0.3 is 0 Å². The Labute approximate surface area is 122 Å². The van der Waals surface area contributed by atoms with E-state index in [2.05, 4.69) is 43.1 Å². The lowest BCUT2D eigenvalue weighted by Gasteiger charge is -2.42. The normalized spacial score (nSPS) is 33.4. The minimum absolute atomic E-state index is 0.186. The Morgan fingerprint density at radius 1 is 1.25 bits per heavy atom. The summed E-state index contributed by atoms with van der Waals surface area (Å²) in [5.74, 6) is 0.977. The first-order chi connectivity index (χ1) is 9.61. The molecule has 0 amide bonds. The van der Waals surface area contributed by atoms with Crippen molar-refractivity contribution in [3.63, 3.8) is 0 Å². The van der Waals surface area contributed by atoms with E-state index in [1.165, 1.54) is 24.0 Å². The van der Waals surface area contributed by atoms with E-state index < -0.39 is 0 Å². The van der Waals surface area contributed by atoms with Crippen LogP contribution in [0.25, 0.3) is 0 Å². The average Bonchev–Trinajstić information content (AvgIpc) is 2.70. The molecule has 0 radical (unpaired) electrons. The number of aryl methyl sites for hydroxylation is 1. The third-order valence-electron chi connectivity index (χ3n) is 5.55. The molecular formula is C18H25NO. The van der Waals surface area contributed by atoms with E-state index in [9.17, 15) is 4.79 Å². The Hall–Kier alpha value is -1.15. The van der Waals surface area contributed by atoms with Crippen LogP contribution in [0.1, 0.15) is 50.2 Å². The second-order valence-electron chi connectivity index (χ2n) is 6.54. The minimum Gasteiger partial charge on any atom is -0.300 e. The van der Waals surface area contributed by atoms with Crippen LogP contribution in [0.3, 0.4) is 0 Å². The fraction of sp³-hybridized carbons (Fsp3) is 0.611. The third kappa shape index (κ3) is 2.20. The maximum absolute atomic E-state index is 12.2. The summed E-state index contributed by atoms with van der Waals surface area (Å²) in [6.45, 7) is 3.97. The topological polar surface area (TPSA) is 20.3 Å². The van der Waals surface area contributed by atoms with Crippen LogP contribution in [-0.2, 0) is 11.2 Å². The van der Waals surface area contributed by atoms with Gasteiger partial charge in [0.2, 0.25) is 0 Å². The van der Waals surface area contributed by atoms with Gasteiger partial charge in [-0.3, -0.25) is 9.69 Å². The molecule has 2 aliphatic rings. The molecule has 1 aromatic rings. The quantitative estimate of drug-likeness (QED) is 0.839. The second kappa shape index (κ2) is 5.33. The third-order valence-corrected chi connectivity index (χ3v) is 5.55. The number of benzene rings is 1. The highest BCUT2D eigenvalue weighted by Crippen LogP contribution is 2.46. The predicted molar refractivity (Wildman–Crippen MR) is 81.9 cm³/mol. The maximum Gasteiger partial charge on any atom is 0.135 e. The summed E-state index contributed by atoms with van der Waals surface area (Å²) < 4.78 is 0. The van der Waals surface area contributed by atoms with Crippen LogP contribution in [0.4, 0.5) is 0 Å². The molecule has 2 nitrogen and oxygen atoms in total. The van der Waals surface area contributed by atoms with Crippen molar-refractivity contribution in [1.82, 2.24) is 4.90 Å². The van der Waals surface area contributed by atoms with E-state index in [0.29, 0.717) is 23.8 Å². The van der Waals surface area contributed by atoms with E-state index in [0.717, 1.165) is 12.8 Å². The van der Waals surface area contributed by atoms with Crippen LogP contribution < -0.4 is 0 Å². The van der Waals surface area contributed by atoms with Gasteiger partial charge in [0.25, 0.3) is 0 Å². The molecule has 0 aromatic heterocycles. The fourth-order valence-electron chi connectivity index (χ4n) is 4.36. The smallest absolute Gasteiger partial charge is 0.135 e. The zero-order chi connectivity index (χ0) is 14.3. The number of piperidine rings is 1. The molecule has 2 unspecified atom stereocenters. The molecule has 0 saturated carbocycles.